The SMILES string of the molecule is O=C1O[C@@H]2[C@@H](O)CO[C@@]23O[C@@H](c2ccc(O)cc2)[C@H](c2cc(O)cc4c2[C@@H](c2cc(O)cc(O)c2)[C@H](c2ccc(O)cc2)O4)[C@@]13O. The molecule has 0 aromatic heterocycles. The highest BCUT2D eigenvalue weighted by molar-refractivity contribution is 5.87. The quantitative estimate of drug-likeness (QED) is 0.164. The van der Waals surface area contributed by atoms with E-state index < -0.39 is 53.6 Å². The number of aliphatic hydroxyl groups is 2. The lowest BCUT2D eigenvalue weighted by Gasteiger charge is -2.32. The van der Waals surface area contributed by atoms with Crippen molar-refractivity contribution in [3.05, 3.63) is 107 Å². The number of hydrogen-bond acceptors (Lipinski definition) is 12. The fourth-order valence-electron chi connectivity index (χ4n) is 7.53. The number of ether oxygens (including phenoxy) is 4. The molecule has 7 N–H and O–H groups in total. The van der Waals surface area contributed by atoms with Crippen LogP contribution < -0.4 is 4.74 Å². The van der Waals surface area contributed by atoms with E-state index in [2.05, 4.69) is 0 Å². The number of benzene rings is 4. The standard InChI is InChI=1S/C34H28O12/c35-18-5-1-15(2-6-18)29-26(17-9-20(37)11-21(38)10-17)27-23(12-22(39)13-25(27)44-29)28-30(16-3-7-19(36)8-4-16)46-34-31(24(40)14-43-34)45-32(41)33(28,34)42/h1-13,24,26,28-31,35-40,42H,14H2/t24-,26+,28-,29-,30-,31+,33+,34+/m0/s1. The number of aromatic hydroxyl groups is 5. The number of carbonyl (C=O) groups excluding carboxylic acids is 1. The van der Waals surface area contributed by atoms with E-state index in [0.717, 1.165) is 0 Å². The number of hydrogen-bond donors (Lipinski definition) is 7. The summed E-state index contributed by atoms with van der Waals surface area (Å²) in [4.78, 5) is 13.7. The van der Waals surface area contributed by atoms with Crippen LogP contribution in [0.2, 0.25) is 0 Å². The van der Waals surface area contributed by atoms with E-state index in [1.807, 2.05) is 0 Å². The first kappa shape index (κ1) is 28.5. The van der Waals surface area contributed by atoms with Crippen molar-refractivity contribution in [3.8, 4) is 34.5 Å². The minimum absolute atomic E-state index is 0.0181. The molecule has 4 aromatic rings. The Bertz CT molecular complexity index is 1850. The number of phenols is 5. The Kier molecular flexibility index (Phi) is 6.03. The van der Waals surface area contributed by atoms with Crippen LogP contribution in [-0.4, -0.2) is 71.9 Å². The Hall–Kier alpha value is -5.01. The van der Waals surface area contributed by atoms with Crippen LogP contribution in [0.25, 0.3) is 0 Å². The molecule has 3 saturated heterocycles. The molecule has 4 aliphatic heterocycles. The van der Waals surface area contributed by atoms with Crippen LogP contribution in [0.3, 0.4) is 0 Å². The van der Waals surface area contributed by atoms with Crippen LogP contribution in [0.1, 0.15) is 51.9 Å². The van der Waals surface area contributed by atoms with Crippen LogP contribution in [0, 0.1) is 0 Å². The van der Waals surface area contributed by atoms with E-state index in [4.69, 9.17) is 18.9 Å². The minimum atomic E-state index is -2.54. The van der Waals surface area contributed by atoms with Gasteiger partial charge in [-0.05, 0) is 64.7 Å². The fraction of sp³-hybridized carbons (Fsp3) is 0.265. The summed E-state index contributed by atoms with van der Waals surface area (Å²) in [7, 11) is 0. The topological polar surface area (TPSA) is 196 Å². The number of esters is 1. The zero-order valence-electron chi connectivity index (χ0n) is 23.8. The summed E-state index contributed by atoms with van der Waals surface area (Å²) in [6.07, 6.45) is -4.62. The van der Waals surface area contributed by atoms with Crippen LogP contribution in [0.15, 0.2) is 78.9 Å². The summed E-state index contributed by atoms with van der Waals surface area (Å²) < 4.78 is 24.3. The van der Waals surface area contributed by atoms with Gasteiger partial charge < -0.3 is 54.7 Å². The van der Waals surface area contributed by atoms with Crippen molar-refractivity contribution in [2.45, 2.75) is 47.6 Å². The first-order valence-electron chi connectivity index (χ1n) is 14.6. The van der Waals surface area contributed by atoms with Crippen molar-refractivity contribution < 1.29 is 59.5 Å². The Morgan fingerprint density at radius 3 is 1.89 bits per heavy atom. The van der Waals surface area contributed by atoms with Gasteiger partial charge in [0, 0.05) is 17.7 Å². The Morgan fingerprint density at radius 2 is 1.26 bits per heavy atom. The van der Waals surface area contributed by atoms with Gasteiger partial charge in [0.05, 0.1) is 24.5 Å². The average Bonchev–Trinajstić information content (AvgIpc) is 3.68. The first-order valence-corrected chi connectivity index (χ1v) is 14.6. The molecule has 4 heterocycles. The first-order chi connectivity index (χ1) is 22.0. The molecule has 12 heteroatoms. The third kappa shape index (κ3) is 3.84. The van der Waals surface area contributed by atoms with E-state index in [0.29, 0.717) is 22.3 Å². The highest BCUT2D eigenvalue weighted by atomic mass is 16.8. The predicted molar refractivity (Wildman–Crippen MR) is 155 cm³/mol. The molecule has 3 fully saturated rings. The highest BCUT2D eigenvalue weighted by Crippen LogP contribution is 2.66. The summed E-state index contributed by atoms with van der Waals surface area (Å²) in [5.41, 5.74) is -0.483. The molecule has 8 atom stereocenters. The second-order valence-electron chi connectivity index (χ2n) is 12.1. The molecule has 236 valence electrons. The zero-order chi connectivity index (χ0) is 32.1. The lowest BCUT2D eigenvalue weighted by molar-refractivity contribution is -0.259. The van der Waals surface area contributed by atoms with Crippen molar-refractivity contribution in [3.63, 3.8) is 0 Å². The van der Waals surface area contributed by atoms with Crippen molar-refractivity contribution in [1.82, 2.24) is 0 Å². The van der Waals surface area contributed by atoms with Crippen molar-refractivity contribution in [2.24, 2.45) is 0 Å². The number of aliphatic hydroxyl groups excluding tert-OH is 1. The molecule has 0 radical (unpaired) electrons. The van der Waals surface area contributed by atoms with Gasteiger partial charge in [-0.25, -0.2) is 4.79 Å². The molecule has 4 aliphatic rings. The minimum Gasteiger partial charge on any atom is -0.508 e. The van der Waals surface area contributed by atoms with Crippen LogP contribution in [-0.2, 0) is 19.0 Å². The highest BCUT2D eigenvalue weighted by Gasteiger charge is 2.83. The molecule has 0 saturated carbocycles. The zero-order valence-corrected chi connectivity index (χ0v) is 23.8. The molecule has 0 aliphatic carbocycles. The number of fused-ring (bicyclic) bond motifs is 1. The largest absolute Gasteiger partial charge is 0.508 e. The summed E-state index contributed by atoms with van der Waals surface area (Å²) in [5.74, 6) is -5.92. The summed E-state index contributed by atoms with van der Waals surface area (Å²) in [5, 5.41) is 75.3. The van der Waals surface area contributed by atoms with E-state index >= 15 is 0 Å². The van der Waals surface area contributed by atoms with Gasteiger partial charge in [0.25, 0.3) is 5.79 Å². The second-order valence-corrected chi connectivity index (χ2v) is 12.1. The second kappa shape index (κ2) is 9.74. The predicted octanol–water partition coefficient (Wildman–Crippen LogP) is 3.08. The maximum Gasteiger partial charge on any atom is 0.345 e. The van der Waals surface area contributed by atoms with Gasteiger partial charge >= 0.3 is 5.97 Å². The van der Waals surface area contributed by atoms with E-state index in [9.17, 15) is 40.5 Å². The van der Waals surface area contributed by atoms with E-state index in [-0.39, 0.29) is 46.7 Å². The third-order valence-electron chi connectivity index (χ3n) is 9.41. The van der Waals surface area contributed by atoms with Gasteiger partial charge in [-0.1, -0.05) is 24.3 Å². The molecule has 0 bridgehead atoms. The summed E-state index contributed by atoms with van der Waals surface area (Å²) in [6, 6.07) is 19.0. The summed E-state index contributed by atoms with van der Waals surface area (Å²) in [6.45, 7) is -0.287. The molecule has 1 spiro atoms. The molecule has 8 rings (SSSR count). The van der Waals surface area contributed by atoms with Crippen molar-refractivity contribution in [1.29, 1.82) is 0 Å². The Balaban J connectivity index is 1.39. The molecule has 0 unspecified atom stereocenters. The van der Waals surface area contributed by atoms with Gasteiger partial charge in [0.15, 0.2) is 6.10 Å². The van der Waals surface area contributed by atoms with E-state index in [1.54, 1.807) is 24.3 Å². The van der Waals surface area contributed by atoms with Gasteiger partial charge in [0.1, 0.15) is 46.7 Å². The van der Waals surface area contributed by atoms with Crippen LogP contribution in [0.4, 0.5) is 0 Å². The summed E-state index contributed by atoms with van der Waals surface area (Å²) >= 11 is 0. The lowest BCUT2D eigenvalue weighted by atomic mass is 9.71. The molecule has 46 heavy (non-hydrogen) atoms. The smallest absolute Gasteiger partial charge is 0.345 e. The van der Waals surface area contributed by atoms with Crippen molar-refractivity contribution >= 4 is 5.97 Å². The average molecular weight is 629 g/mol. The number of rotatable bonds is 4. The molecule has 4 aromatic carbocycles. The normalized spacial score (nSPS) is 32.4. The van der Waals surface area contributed by atoms with Gasteiger partial charge in [-0.15, -0.1) is 0 Å². The van der Waals surface area contributed by atoms with Crippen LogP contribution in [0.5, 0.6) is 34.5 Å². The fourth-order valence-corrected chi connectivity index (χ4v) is 7.53. The Labute approximate surface area is 260 Å². The van der Waals surface area contributed by atoms with Gasteiger partial charge in [-0.2, -0.15) is 0 Å². The maximum atomic E-state index is 13.7. The molecule has 0 amide bonds. The monoisotopic (exact) mass is 628 g/mol. The van der Waals surface area contributed by atoms with Crippen LogP contribution >= 0.6 is 0 Å². The molecule has 12 nitrogen and oxygen atoms in total. The number of carbonyl (C=O) groups is 1. The third-order valence-corrected chi connectivity index (χ3v) is 9.41. The molecular formula is C34H28O12. The number of phenolic OH excluding ortho intramolecular Hbond substituents is 5. The van der Waals surface area contributed by atoms with Gasteiger partial charge in [-0.3, -0.25) is 0 Å². The lowest BCUT2D eigenvalue weighted by Crippen LogP contribution is -2.57. The Morgan fingerprint density at radius 1 is 0.674 bits per heavy atom. The maximum absolute atomic E-state index is 13.7. The van der Waals surface area contributed by atoms with Crippen molar-refractivity contribution in [2.75, 3.05) is 6.61 Å². The van der Waals surface area contributed by atoms with Gasteiger partial charge in [0.2, 0.25) is 5.60 Å². The molecular weight excluding hydrogens is 600 g/mol. The van der Waals surface area contributed by atoms with E-state index in [1.165, 1.54) is 54.6 Å².